The van der Waals surface area contributed by atoms with E-state index in [2.05, 4.69) is 15.0 Å². The molecule has 9 heteroatoms. The summed E-state index contributed by atoms with van der Waals surface area (Å²) in [4.78, 5) is 39.4. The van der Waals surface area contributed by atoms with Crippen LogP contribution in [0.3, 0.4) is 0 Å². The maximum Gasteiger partial charge on any atom is 0.350 e. The highest BCUT2D eigenvalue weighted by atomic mass is 35.5. The molecule has 0 bridgehead atoms. The predicted octanol–water partition coefficient (Wildman–Crippen LogP) is 1.69. The van der Waals surface area contributed by atoms with Crippen molar-refractivity contribution in [2.24, 2.45) is 0 Å². The largest absolute Gasteiger partial charge is 0.465 e. The highest BCUT2D eigenvalue weighted by Crippen LogP contribution is 2.23. The molecule has 0 unspecified atom stereocenters. The maximum atomic E-state index is 11.9. The minimum absolute atomic E-state index is 0.203. The lowest BCUT2D eigenvalue weighted by Gasteiger charge is -2.05. The topological polar surface area (TPSA) is 90.3 Å². The first-order chi connectivity index (χ1) is 10.4. The van der Waals surface area contributed by atoms with Crippen LogP contribution in [-0.4, -0.2) is 28.5 Å². The van der Waals surface area contributed by atoms with Gasteiger partial charge >= 0.3 is 5.97 Å². The van der Waals surface area contributed by atoms with E-state index in [4.69, 9.17) is 11.6 Å². The van der Waals surface area contributed by atoms with E-state index in [1.165, 1.54) is 30.0 Å². The highest BCUT2D eigenvalue weighted by molar-refractivity contribution is 7.17. The third kappa shape index (κ3) is 3.71. The minimum Gasteiger partial charge on any atom is -0.465 e. The fourth-order valence-corrected chi connectivity index (χ4v) is 2.75. The smallest absolute Gasteiger partial charge is 0.350 e. The number of nitrogens with one attached hydrogen (secondary N) is 1. The zero-order valence-electron chi connectivity index (χ0n) is 11.8. The molecule has 0 atom stereocenters. The van der Waals surface area contributed by atoms with Gasteiger partial charge in [0, 0.05) is 12.3 Å². The Labute approximate surface area is 134 Å². The van der Waals surface area contributed by atoms with Crippen molar-refractivity contribution in [3.05, 3.63) is 44.3 Å². The summed E-state index contributed by atoms with van der Waals surface area (Å²) in [7, 11) is 1.27. The van der Waals surface area contributed by atoms with Crippen LogP contribution in [-0.2, 0) is 16.1 Å². The molecular formula is C13H12ClN3O4S. The van der Waals surface area contributed by atoms with E-state index >= 15 is 0 Å². The van der Waals surface area contributed by atoms with Gasteiger partial charge in [0.25, 0.3) is 5.56 Å². The molecule has 0 saturated carbocycles. The van der Waals surface area contributed by atoms with Crippen LogP contribution in [0.1, 0.15) is 15.4 Å². The minimum atomic E-state index is -0.512. The number of amides is 1. The number of hydrogen-bond acceptors (Lipinski definition) is 6. The molecule has 0 aliphatic carbocycles. The molecule has 0 radical (unpaired) electrons. The molecule has 2 aromatic heterocycles. The van der Waals surface area contributed by atoms with Crippen LogP contribution < -0.4 is 10.9 Å². The van der Waals surface area contributed by atoms with Crippen molar-refractivity contribution in [2.45, 2.75) is 13.5 Å². The van der Waals surface area contributed by atoms with Crippen LogP contribution in [0.5, 0.6) is 0 Å². The number of esters is 1. The normalized spacial score (nSPS) is 10.3. The number of aromatic nitrogens is 2. The van der Waals surface area contributed by atoms with Crippen LogP contribution in [0, 0.1) is 6.92 Å². The fraction of sp³-hybridized carbons (Fsp3) is 0.231. The highest BCUT2D eigenvalue weighted by Gasteiger charge is 2.17. The van der Waals surface area contributed by atoms with Crippen molar-refractivity contribution in [1.29, 1.82) is 0 Å². The quantitative estimate of drug-likeness (QED) is 0.855. The number of thiazole rings is 1. The summed E-state index contributed by atoms with van der Waals surface area (Å²) in [6.45, 7) is 1.44. The van der Waals surface area contributed by atoms with Gasteiger partial charge < -0.3 is 14.6 Å². The van der Waals surface area contributed by atoms with E-state index < -0.39 is 11.9 Å². The number of nitrogens with zero attached hydrogens (tertiary/aromatic N) is 2. The standard InChI is InChI=1S/C13H12ClN3O4S/c1-7-11(12(20)21-2)22-13(15-7)16-9(18)6-17-5-8(14)3-4-10(17)19/h3-5H,6H2,1-2H3,(H,15,16,18). The molecule has 2 aromatic rings. The number of ether oxygens (including phenoxy) is 1. The molecule has 2 rings (SSSR count). The van der Waals surface area contributed by atoms with E-state index in [9.17, 15) is 14.4 Å². The first-order valence-corrected chi connectivity index (χ1v) is 7.31. The average molecular weight is 342 g/mol. The van der Waals surface area contributed by atoms with Crippen LogP contribution in [0.2, 0.25) is 5.02 Å². The summed E-state index contributed by atoms with van der Waals surface area (Å²) in [5.41, 5.74) is 0.122. The van der Waals surface area contributed by atoms with Gasteiger partial charge in [-0.25, -0.2) is 9.78 Å². The molecule has 0 spiro atoms. The second-order valence-electron chi connectivity index (χ2n) is 4.29. The Morgan fingerprint density at radius 3 is 2.86 bits per heavy atom. The van der Waals surface area contributed by atoms with Crippen molar-refractivity contribution >= 4 is 39.9 Å². The number of aryl methyl sites for hydroxylation is 1. The molecule has 22 heavy (non-hydrogen) atoms. The van der Waals surface area contributed by atoms with Gasteiger partial charge in [-0.3, -0.25) is 9.59 Å². The zero-order chi connectivity index (χ0) is 16.3. The molecule has 0 aromatic carbocycles. The second-order valence-corrected chi connectivity index (χ2v) is 5.72. The Bertz CT molecular complexity index is 784. The van der Waals surface area contributed by atoms with Gasteiger partial charge in [-0.05, 0) is 13.0 Å². The molecule has 1 N–H and O–H groups in total. The first kappa shape index (κ1) is 16.2. The van der Waals surface area contributed by atoms with Gasteiger partial charge in [0.15, 0.2) is 5.13 Å². The Kier molecular flexibility index (Phi) is 4.94. The lowest BCUT2D eigenvalue weighted by atomic mass is 10.4. The lowest BCUT2D eigenvalue weighted by Crippen LogP contribution is -2.26. The Morgan fingerprint density at radius 2 is 2.18 bits per heavy atom. The van der Waals surface area contributed by atoms with Crippen molar-refractivity contribution in [2.75, 3.05) is 12.4 Å². The number of anilines is 1. The van der Waals surface area contributed by atoms with E-state index in [1.807, 2.05) is 0 Å². The molecule has 0 saturated heterocycles. The number of hydrogen-bond donors (Lipinski definition) is 1. The predicted molar refractivity (Wildman–Crippen MR) is 82.5 cm³/mol. The summed E-state index contributed by atoms with van der Waals surface area (Å²) >= 11 is 6.79. The Balaban J connectivity index is 2.11. The molecule has 0 aliphatic heterocycles. The van der Waals surface area contributed by atoms with Crippen LogP contribution in [0.25, 0.3) is 0 Å². The van der Waals surface area contributed by atoms with Crippen molar-refractivity contribution in [1.82, 2.24) is 9.55 Å². The van der Waals surface area contributed by atoms with Crippen molar-refractivity contribution in [3.63, 3.8) is 0 Å². The van der Waals surface area contributed by atoms with Gasteiger partial charge in [-0.2, -0.15) is 0 Å². The average Bonchev–Trinajstić information content (AvgIpc) is 2.82. The van der Waals surface area contributed by atoms with E-state index in [0.29, 0.717) is 15.6 Å². The second kappa shape index (κ2) is 6.71. The van der Waals surface area contributed by atoms with Crippen molar-refractivity contribution in [3.8, 4) is 0 Å². The van der Waals surface area contributed by atoms with Gasteiger partial charge in [-0.15, -0.1) is 0 Å². The number of halogens is 1. The van der Waals surface area contributed by atoms with E-state index in [0.717, 1.165) is 11.3 Å². The SMILES string of the molecule is COC(=O)c1sc(NC(=O)Cn2cc(Cl)ccc2=O)nc1C. The molecule has 2 heterocycles. The van der Waals surface area contributed by atoms with Gasteiger partial charge in [0.05, 0.1) is 17.8 Å². The summed E-state index contributed by atoms with van der Waals surface area (Å²) in [5, 5.41) is 3.15. The lowest BCUT2D eigenvalue weighted by molar-refractivity contribution is -0.116. The number of carbonyl (C=O) groups excluding carboxylic acids is 2. The van der Waals surface area contributed by atoms with Crippen LogP contribution in [0.4, 0.5) is 5.13 Å². The molecule has 0 aliphatic rings. The maximum absolute atomic E-state index is 11.9. The van der Waals surface area contributed by atoms with E-state index in [1.54, 1.807) is 6.92 Å². The molecule has 7 nitrogen and oxygen atoms in total. The third-order valence-electron chi connectivity index (χ3n) is 2.68. The number of methoxy groups -OCH3 is 1. The number of pyridine rings is 1. The Morgan fingerprint density at radius 1 is 1.45 bits per heavy atom. The van der Waals surface area contributed by atoms with Gasteiger partial charge in [0.1, 0.15) is 11.4 Å². The zero-order valence-corrected chi connectivity index (χ0v) is 13.3. The van der Waals surface area contributed by atoms with Gasteiger partial charge in [-0.1, -0.05) is 22.9 Å². The summed E-state index contributed by atoms with van der Waals surface area (Å²) < 4.78 is 5.80. The molecule has 116 valence electrons. The monoisotopic (exact) mass is 341 g/mol. The van der Waals surface area contributed by atoms with E-state index in [-0.39, 0.29) is 17.2 Å². The Hall–Kier alpha value is -2.19. The van der Waals surface area contributed by atoms with Crippen molar-refractivity contribution < 1.29 is 14.3 Å². The van der Waals surface area contributed by atoms with Crippen LogP contribution in [0.15, 0.2) is 23.1 Å². The third-order valence-corrected chi connectivity index (χ3v) is 3.95. The number of carbonyl (C=O) groups is 2. The number of rotatable bonds is 4. The first-order valence-electron chi connectivity index (χ1n) is 6.12. The fourth-order valence-electron chi connectivity index (χ4n) is 1.67. The van der Waals surface area contributed by atoms with Gasteiger partial charge in [0.2, 0.25) is 5.91 Å². The molecule has 1 amide bonds. The van der Waals surface area contributed by atoms with Crippen LogP contribution >= 0.6 is 22.9 Å². The summed E-state index contributed by atoms with van der Waals surface area (Å²) in [6.07, 6.45) is 1.37. The summed E-state index contributed by atoms with van der Waals surface area (Å²) in [5.74, 6) is -0.962. The molecular weight excluding hydrogens is 330 g/mol. The summed E-state index contributed by atoms with van der Waals surface area (Å²) in [6, 6.07) is 2.73. The molecule has 0 fully saturated rings.